The highest BCUT2D eigenvalue weighted by Crippen LogP contribution is 2.29. The lowest BCUT2D eigenvalue weighted by atomic mass is 10.2. The summed E-state index contributed by atoms with van der Waals surface area (Å²) in [7, 11) is -3.70. The van der Waals surface area contributed by atoms with E-state index in [2.05, 4.69) is 20.5 Å². The van der Waals surface area contributed by atoms with Crippen LogP contribution in [0.2, 0.25) is 0 Å². The fourth-order valence-corrected chi connectivity index (χ4v) is 5.67. The molecule has 3 aromatic rings. The molecule has 27 heavy (non-hydrogen) atoms. The molecule has 1 N–H and O–H groups in total. The topological polar surface area (TPSA) is 118 Å². The van der Waals surface area contributed by atoms with Crippen LogP contribution in [0.15, 0.2) is 50.7 Å². The maximum absolute atomic E-state index is 12.8. The van der Waals surface area contributed by atoms with Gasteiger partial charge in [0.25, 0.3) is 10.0 Å². The number of aromatic nitrogens is 3. The van der Waals surface area contributed by atoms with E-state index in [9.17, 15) is 13.2 Å². The highest BCUT2D eigenvalue weighted by molar-refractivity contribution is 7.91. The Morgan fingerprint density at radius 2 is 2.07 bits per heavy atom. The highest BCUT2D eigenvalue weighted by Gasteiger charge is 2.40. The molecular weight excluding hydrogens is 390 g/mol. The minimum absolute atomic E-state index is 0.0767. The van der Waals surface area contributed by atoms with Gasteiger partial charge in [-0.1, -0.05) is 11.2 Å². The van der Waals surface area contributed by atoms with E-state index < -0.39 is 22.0 Å². The third-order valence-corrected chi connectivity index (χ3v) is 7.43. The van der Waals surface area contributed by atoms with Crippen molar-refractivity contribution in [1.29, 1.82) is 0 Å². The molecule has 1 fully saturated rings. The van der Waals surface area contributed by atoms with E-state index in [0.29, 0.717) is 24.9 Å². The first-order valence-electron chi connectivity index (χ1n) is 8.16. The van der Waals surface area contributed by atoms with Crippen molar-refractivity contribution in [1.82, 2.24) is 19.5 Å². The van der Waals surface area contributed by atoms with E-state index >= 15 is 0 Å². The first-order valence-corrected chi connectivity index (χ1v) is 10.5. The molecule has 0 bridgehead atoms. The molecular formula is C16H15N5O4S2. The fourth-order valence-electron chi connectivity index (χ4n) is 2.89. The first-order chi connectivity index (χ1) is 13.1. The number of anilines is 1. The minimum atomic E-state index is -3.70. The van der Waals surface area contributed by atoms with Gasteiger partial charge in [-0.05, 0) is 36.4 Å². The molecule has 0 aromatic carbocycles. The molecule has 1 aliphatic rings. The number of nitrogens with one attached hydrogen (secondary N) is 1. The molecule has 0 spiro atoms. The van der Waals surface area contributed by atoms with Crippen molar-refractivity contribution in [2.75, 3.05) is 11.9 Å². The van der Waals surface area contributed by atoms with Gasteiger partial charge in [0.1, 0.15) is 10.3 Å². The third kappa shape index (κ3) is 3.48. The zero-order valence-corrected chi connectivity index (χ0v) is 15.6. The largest absolute Gasteiger partial charge is 0.403 e. The molecule has 1 unspecified atom stereocenters. The summed E-state index contributed by atoms with van der Waals surface area (Å²) in [5, 5.41) is 11.9. The monoisotopic (exact) mass is 405 g/mol. The van der Waals surface area contributed by atoms with Crippen LogP contribution >= 0.6 is 11.3 Å². The van der Waals surface area contributed by atoms with Crippen LogP contribution in [0.4, 0.5) is 6.01 Å². The van der Waals surface area contributed by atoms with E-state index in [0.717, 1.165) is 11.3 Å². The number of hydrogen-bond acceptors (Lipinski definition) is 8. The summed E-state index contributed by atoms with van der Waals surface area (Å²) in [5.74, 6) is -0.250. The summed E-state index contributed by atoms with van der Waals surface area (Å²) in [6.07, 6.45) is 4.21. The SMILES string of the molecule is O=C(Nc1nnc(-c2ccncc2)o1)C1CCCN1S(=O)(=O)c1cccs1. The Hall–Kier alpha value is -2.63. The number of sulfonamides is 1. The lowest BCUT2D eigenvalue weighted by molar-refractivity contribution is -0.119. The third-order valence-electron chi connectivity index (χ3n) is 4.15. The quantitative estimate of drug-likeness (QED) is 0.689. The summed E-state index contributed by atoms with van der Waals surface area (Å²) < 4.78 is 32.4. The average Bonchev–Trinajstić information content (AvgIpc) is 3.42. The second-order valence-electron chi connectivity index (χ2n) is 5.84. The predicted molar refractivity (Wildman–Crippen MR) is 97.4 cm³/mol. The number of carbonyl (C=O) groups is 1. The van der Waals surface area contributed by atoms with E-state index in [1.807, 2.05) is 0 Å². The smallest absolute Gasteiger partial charge is 0.322 e. The number of amides is 1. The van der Waals surface area contributed by atoms with Crippen molar-refractivity contribution in [3.63, 3.8) is 0 Å². The van der Waals surface area contributed by atoms with Crippen molar-refractivity contribution >= 4 is 33.3 Å². The molecule has 140 valence electrons. The molecule has 4 rings (SSSR count). The van der Waals surface area contributed by atoms with Gasteiger partial charge in [-0.3, -0.25) is 15.1 Å². The van der Waals surface area contributed by atoms with Gasteiger partial charge in [0.15, 0.2) is 0 Å². The Bertz CT molecular complexity index is 1030. The van der Waals surface area contributed by atoms with E-state index in [1.165, 1.54) is 10.4 Å². The van der Waals surface area contributed by atoms with Crippen molar-refractivity contribution in [2.24, 2.45) is 0 Å². The fraction of sp³-hybridized carbons (Fsp3) is 0.250. The minimum Gasteiger partial charge on any atom is -0.403 e. The van der Waals surface area contributed by atoms with Gasteiger partial charge in [0, 0.05) is 24.5 Å². The van der Waals surface area contributed by atoms with Crippen molar-refractivity contribution in [3.05, 3.63) is 42.0 Å². The molecule has 11 heteroatoms. The van der Waals surface area contributed by atoms with Crippen LogP contribution in [-0.2, 0) is 14.8 Å². The second kappa shape index (κ2) is 7.18. The van der Waals surface area contributed by atoms with Crippen molar-refractivity contribution in [3.8, 4) is 11.5 Å². The Morgan fingerprint density at radius 3 is 2.81 bits per heavy atom. The van der Waals surface area contributed by atoms with Gasteiger partial charge in [-0.15, -0.1) is 16.4 Å². The van der Waals surface area contributed by atoms with Gasteiger partial charge in [-0.2, -0.15) is 4.31 Å². The van der Waals surface area contributed by atoms with Gasteiger partial charge >= 0.3 is 6.01 Å². The maximum Gasteiger partial charge on any atom is 0.322 e. The molecule has 1 amide bonds. The van der Waals surface area contributed by atoms with Gasteiger partial charge in [0.05, 0.1) is 0 Å². The number of hydrogen-bond donors (Lipinski definition) is 1. The standard InChI is InChI=1S/C16H15N5O4S2/c22-14(18-16-20-19-15(25-16)11-5-7-17-8-6-11)12-3-1-9-21(12)27(23,24)13-4-2-10-26-13/h2,4-8,10,12H,1,3,9H2,(H,18,20,22). The van der Waals surface area contributed by atoms with Crippen molar-refractivity contribution in [2.45, 2.75) is 23.1 Å². The summed E-state index contributed by atoms with van der Waals surface area (Å²) in [6.45, 7) is 0.296. The molecule has 1 saturated heterocycles. The molecule has 1 aliphatic heterocycles. The maximum atomic E-state index is 12.8. The van der Waals surface area contributed by atoms with Gasteiger partial charge < -0.3 is 4.42 Å². The number of pyridine rings is 1. The van der Waals surface area contributed by atoms with Crippen LogP contribution in [0.25, 0.3) is 11.5 Å². The molecule has 9 nitrogen and oxygen atoms in total. The number of rotatable bonds is 5. The normalized spacial score (nSPS) is 17.9. The molecule has 0 radical (unpaired) electrons. The van der Waals surface area contributed by atoms with Gasteiger partial charge in [-0.25, -0.2) is 8.42 Å². The van der Waals surface area contributed by atoms with Crippen LogP contribution in [0.3, 0.4) is 0 Å². The van der Waals surface area contributed by atoms with E-state index in [1.54, 1.807) is 36.0 Å². The van der Waals surface area contributed by atoms with Crippen LogP contribution in [-0.4, -0.2) is 46.4 Å². The molecule has 0 saturated carbocycles. The number of thiophene rings is 1. The van der Waals surface area contributed by atoms with Crippen LogP contribution < -0.4 is 5.32 Å². The Balaban J connectivity index is 1.50. The molecule has 1 atom stereocenters. The average molecular weight is 405 g/mol. The summed E-state index contributed by atoms with van der Waals surface area (Å²) >= 11 is 1.13. The lowest BCUT2D eigenvalue weighted by Gasteiger charge is -2.21. The zero-order chi connectivity index (χ0) is 18.9. The van der Waals surface area contributed by atoms with Gasteiger partial charge in [0.2, 0.25) is 11.8 Å². The molecule has 3 aromatic heterocycles. The molecule has 4 heterocycles. The Labute approximate surface area is 159 Å². The summed E-state index contributed by atoms with van der Waals surface area (Å²) in [6, 6.07) is 5.71. The number of carbonyl (C=O) groups excluding carboxylic acids is 1. The highest BCUT2D eigenvalue weighted by atomic mass is 32.2. The van der Waals surface area contributed by atoms with Crippen LogP contribution in [0.1, 0.15) is 12.8 Å². The lowest BCUT2D eigenvalue weighted by Crippen LogP contribution is -2.42. The predicted octanol–water partition coefficient (Wildman–Crippen LogP) is 1.98. The van der Waals surface area contributed by atoms with Crippen LogP contribution in [0, 0.1) is 0 Å². The first kappa shape index (κ1) is 17.8. The summed E-state index contributed by atoms with van der Waals surface area (Å²) in [4.78, 5) is 16.5. The number of nitrogens with zero attached hydrogens (tertiary/aromatic N) is 4. The molecule has 0 aliphatic carbocycles. The van der Waals surface area contributed by atoms with E-state index in [-0.39, 0.29) is 16.1 Å². The summed E-state index contributed by atoms with van der Waals surface area (Å²) in [5.41, 5.74) is 0.667. The van der Waals surface area contributed by atoms with E-state index in [4.69, 9.17) is 4.42 Å². The Kier molecular flexibility index (Phi) is 4.72. The Morgan fingerprint density at radius 1 is 1.26 bits per heavy atom. The zero-order valence-electron chi connectivity index (χ0n) is 14.0. The van der Waals surface area contributed by atoms with Crippen molar-refractivity contribution < 1.29 is 17.6 Å². The van der Waals surface area contributed by atoms with Crippen LogP contribution in [0.5, 0.6) is 0 Å². The second-order valence-corrected chi connectivity index (χ2v) is 8.91.